The van der Waals surface area contributed by atoms with Crippen LogP contribution < -0.4 is 15.4 Å². The lowest BCUT2D eigenvalue weighted by atomic mass is 10.1. The third kappa shape index (κ3) is 5.61. The molecule has 4 rings (SSSR count). The summed E-state index contributed by atoms with van der Waals surface area (Å²) >= 11 is 0. The summed E-state index contributed by atoms with van der Waals surface area (Å²) < 4.78 is 19.1. The van der Waals surface area contributed by atoms with E-state index in [4.69, 9.17) is 10.00 Å². The summed E-state index contributed by atoms with van der Waals surface area (Å²) in [6.07, 6.45) is 1.98. The monoisotopic (exact) mass is 415 g/mol. The Morgan fingerprint density at radius 3 is 2.52 bits per heavy atom. The molecule has 0 bridgehead atoms. The van der Waals surface area contributed by atoms with Crippen molar-refractivity contribution in [2.24, 2.45) is 0 Å². The first-order valence-corrected chi connectivity index (χ1v) is 10.1. The van der Waals surface area contributed by atoms with Crippen LogP contribution in [-0.4, -0.2) is 11.9 Å². The summed E-state index contributed by atoms with van der Waals surface area (Å²) in [6, 6.07) is 22.2. The van der Waals surface area contributed by atoms with Crippen LogP contribution in [0.3, 0.4) is 0 Å². The van der Waals surface area contributed by atoms with E-state index in [0.717, 1.165) is 24.1 Å². The van der Waals surface area contributed by atoms with Gasteiger partial charge in [0.25, 0.3) is 0 Å². The van der Waals surface area contributed by atoms with E-state index in [0.29, 0.717) is 23.5 Å². The minimum atomic E-state index is -0.623. The molecule has 0 aromatic heterocycles. The van der Waals surface area contributed by atoms with Gasteiger partial charge in [0.1, 0.15) is 24.2 Å². The molecule has 0 aliphatic heterocycles. The number of nitriles is 1. The van der Waals surface area contributed by atoms with Crippen LogP contribution in [0.2, 0.25) is 0 Å². The maximum Gasteiger partial charge on any atom is 0.247 e. The molecule has 6 heteroatoms. The van der Waals surface area contributed by atoms with Crippen LogP contribution in [0.5, 0.6) is 5.75 Å². The third-order valence-electron chi connectivity index (χ3n) is 5.02. The summed E-state index contributed by atoms with van der Waals surface area (Å²) in [6.45, 7) is 0.351. The Morgan fingerprint density at radius 2 is 1.84 bits per heavy atom. The number of hydrogen-bond donors (Lipinski definition) is 2. The fourth-order valence-electron chi connectivity index (χ4n) is 3.18. The lowest BCUT2D eigenvalue weighted by Gasteiger charge is -2.20. The van der Waals surface area contributed by atoms with Gasteiger partial charge < -0.3 is 15.4 Å². The number of halogens is 1. The van der Waals surface area contributed by atoms with Crippen molar-refractivity contribution >= 4 is 11.6 Å². The molecule has 1 aliphatic carbocycles. The Morgan fingerprint density at radius 1 is 1.10 bits per heavy atom. The highest BCUT2D eigenvalue weighted by atomic mass is 19.1. The second-order valence-corrected chi connectivity index (χ2v) is 7.54. The zero-order valence-electron chi connectivity index (χ0n) is 16.8. The van der Waals surface area contributed by atoms with E-state index < -0.39 is 6.04 Å². The first-order chi connectivity index (χ1) is 15.1. The Balaban J connectivity index is 1.42. The Kier molecular flexibility index (Phi) is 6.13. The third-order valence-corrected chi connectivity index (χ3v) is 5.02. The molecule has 31 heavy (non-hydrogen) atoms. The van der Waals surface area contributed by atoms with Gasteiger partial charge in [0.15, 0.2) is 0 Å². The summed E-state index contributed by atoms with van der Waals surface area (Å²) in [7, 11) is 0. The normalized spacial score (nSPS) is 13.7. The summed E-state index contributed by atoms with van der Waals surface area (Å²) in [4.78, 5) is 12.7. The molecule has 1 aliphatic rings. The van der Waals surface area contributed by atoms with E-state index >= 15 is 0 Å². The van der Waals surface area contributed by atoms with Crippen molar-refractivity contribution in [2.45, 2.75) is 31.5 Å². The lowest BCUT2D eigenvalue weighted by Crippen LogP contribution is -2.34. The second-order valence-electron chi connectivity index (χ2n) is 7.54. The largest absolute Gasteiger partial charge is 0.489 e. The van der Waals surface area contributed by atoms with Gasteiger partial charge in [0, 0.05) is 11.7 Å². The highest BCUT2D eigenvalue weighted by Gasteiger charge is 2.28. The van der Waals surface area contributed by atoms with Gasteiger partial charge in [-0.2, -0.15) is 5.26 Å². The van der Waals surface area contributed by atoms with E-state index in [9.17, 15) is 9.18 Å². The molecule has 0 saturated heterocycles. The Hall–Kier alpha value is -3.85. The highest BCUT2D eigenvalue weighted by Crippen LogP contribution is 2.25. The Labute approximate surface area is 180 Å². The Bertz CT molecular complexity index is 1090. The molecule has 5 nitrogen and oxygen atoms in total. The predicted molar refractivity (Wildman–Crippen MR) is 116 cm³/mol. The summed E-state index contributed by atoms with van der Waals surface area (Å²) in [5.41, 5.74) is 2.95. The zero-order valence-corrected chi connectivity index (χ0v) is 16.8. The number of nitrogens with zero attached hydrogens (tertiary/aromatic N) is 1. The van der Waals surface area contributed by atoms with Crippen molar-refractivity contribution in [3.63, 3.8) is 0 Å². The first-order valence-electron chi connectivity index (χ1n) is 10.1. The number of anilines is 1. The molecule has 3 aromatic rings. The maximum atomic E-state index is 13.3. The molecule has 0 radical (unpaired) electrons. The van der Waals surface area contributed by atoms with Crippen LogP contribution in [-0.2, 0) is 11.4 Å². The van der Waals surface area contributed by atoms with Crippen molar-refractivity contribution in [3.05, 3.63) is 95.3 Å². The molecule has 2 N–H and O–H groups in total. The van der Waals surface area contributed by atoms with Crippen LogP contribution in [0, 0.1) is 17.1 Å². The van der Waals surface area contributed by atoms with Crippen molar-refractivity contribution in [1.82, 2.24) is 5.32 Å². The van der Waals surface area contributed by atoms with Gasteiger partial charge in [-0.25, -0.2) is 4.39 Å². The van der Waals surface area contributed by atoms with Crippen molar-refractivity contribution in [1.29, 1.82) is 5.26 Å². The standard InChI is InChI=1S/C25H22FN3O2/c26-20-6-4-19(5-7-20)24(25(30)29-22-8-9-22)28-21-10-12-23(13-11-21)31-16-18-3-1-2-17(14-18)15-27/h1-7,10-14,22,24,28H,8-9,16H2,(H,29,30). The fraction of sp³-hybridized carbons (Fsp3) is 0.200. The van der Waals surface area contributed by atoms with Crippen molar-refractivity contribution in [3.8, 4) is 11.8 Å². The first kappa shape index (κ1) is 20.4. The molecule has 3 aromatic carbocycles. The summed E-state index contributed by atoms with van der Waals surface area (Å²) in [5.74, 6) is 0.201. The van der Waals surface area contributed by atoms with Crippen LogP contribution in [0.25, 0.3) is 0 Å². The fourth-order valence-corrected chi connectivity index (χ4v) is 3.18. The molecule has 156 valence electrons. The van der Waals surface area contributed by atoms with Gasteiger partial charge in [-0.05, 0) is 72.5 Å². The van der Waals surface area contributed by atoms with E-state index in [1.807, 2.05) is 36.4 Å². The average Bonchev–Trinajstić information content (AvgIpc) is 3.61. The van der Waals surface area contributed by atoms with Crippen LogP contribution in [0.15, 0.2) is 72.8 Å². The zero-order chi connectivity index (χ0) is 21.6. The number of hydrogen-bond acceptors (Lipinski definition) is 4. The molecule has 1 amide bonds. The SMILES string of the molecule is N#Cc1cccc(COc2ccc(NC(C(=O)NC3CC3)c3ccc(F)cc3)cc2)c1. The molecule has 1 atom stereocenters. The average molecular weight is 415 g/mol. The van der Waals surface area contributed by atoms with Gasteiger partial charge in [-0.1, -0.05) is 24.3 Å². The number of carbonyl (C=O) groups excluding carboxylic acids is 1. The molecular formula is C25H22FN3O2. The minimum absolute atomic E-state index is 0.133. The molecule has 1 saturated carbocycles. The molecular weight excluding hydrogens is 393 g/mol. The molecule has 1 unspecified atom stereocenters. The minimum Gasteiger partial charge on any atom is -0.489 e. The van der Waals surface area contributed by atoms with Gasteiger partial charge in [-0.3, -0.25) is 4.79 Å². The molecule has 0 spiro atoms. The second kappa shape index (κ2) is 9.31. The van der Waals surface area contributed by atoms with E-state index in [-0.39, 0.29) is 17.8 Å². The maximum absolute atomic E-state index is 13.3. The van der Waals surface area contributed by atoms with Crippen LogP contribution >= 0.6 is 0 Å². The van der Waals surface area contributed by atoms with Crippen molar-refractivity contribution < 1.29 is 13.9 Å². The topological polar surface area (TPSA) is 74.1 Å². The number of rotatable bonds is 8. The predicted octanol–water partition coefficient (Wildman–Crippen LogP) is 4.71. The van der Waals surface area contributed by atoms with Gasteiger partial charge in [0.05, 0.1) is 11.6 Å². The quantitative estimate of drug-likeness (QED) is 0.559. The number of carbonyl (C=O) groups is 1. The number of amides is 1. The van der Waals surface area contributed by atoms with Gasteiger partial charge in [-0.15, -0.1) is 0 Å². The molecule has 0 heterocycles. The smallest absolute Gasteiger partial charge is 0.247 e. The summed E-state index contributed by atoms with van der Waals surface area (Å²) in [5, 5.41) is 15.2. The van der Waals surface area contributed by atoms with Gasteiger partial charge in [0.2, 0.25) is 5.91 Å². The van der Waals surface area contributed by atoms with Crippen LogP contribution in [0.4, 0.5) is 10.1 Å². The molecule has 1 fully saturated rings. The number of benzene rings is 3. The number of nitrogens with one attached hydrogen (secondary N) is 2. The van der Waals surface area contributed by atoms with E-state index in [1.54, 1.807) is 24.3 Å². The van der Waals surface area contributed by atoms with Crippen LogP contribution in [0.1, 0.15) is 35.6 Å². The van der Waals surface area contributed by atoms with Crippen molar-refractivity contribution in [2.75, 3.05) is 5.32 Å². The van der Waals surface area contributed by atoms with E-state index in [2.05, 4.69) is 16.7 Å². The number of ether oxygens (including phenoxy) is 1. The van der Waals surface area contributed by atoms with E-state index in [1.165, 1.54) is 12.1 Å². The highest BCUT2D eigenvalue weighted by molar-refractivity contribution is 5.86. The van der Waals surface area contributed by atoms with Gasteiger partial charge >= 0.3 is 0 Å². The lowest BCUT2D eigenvalue weighted by molar-refractivity contribution is -0.122.